The molecule has 0 saturated carbocycles. The molecule has 1 aliphatic heterocycles. The molecule has 700 valence electrons. The summed E-state index contributed by atoms with van der Waals surface area (Å²) in [5.74, 6) is 5.88. The molecule has 4 heterocycles. The number of rotatable bonds is 15. The molecule has 2 aliphatic rings. The van der Waals surface area contributed by atoms with Gasteiger partial charge in [0, 0.05) is 50.1 Å². The first-order valence-electron chi connectivity index (χ1n) is 50.9. The van der Waals surface area contributed by atoms with Gasteiger partial charge in [-0.1, -0.05) is 534 Å². The molecule has 150 heavy (non-hydrogen) atoms. The summed E-state index contributed by atoms with van der Waals surface area (Å²) >= 11 is 0. The van der Waals surface area contributed by atoms with E-state index in [-0.39, 0.29) is 0 Å². The highest BCUT2D eigenvalue weighted by Gasteiger charge is 2.49. The van der Waals surface area contributed by atoms with Gasteiger partial charge in [-0.3, -0.25) is 0 Å². The summed E-state index contributed by atoms with van der Waals surface area (Å²) in [4.78, 5) is 45.9. The van der Waals surface area contributed by atoms with Gasteiger partial charge in [-0.15, -0.1) is 0 Å². The third-order valence-corrected chi connectivity index (χ3v) is 34.8. The summed E-state index contributed by atoms with van der Waals surface area (Å²) in [6, 6.07) is 196. The van der Waals surface area contributed by atoms with E-state index < -0.39 is 13.5 Å². The fraction of sp³-hybridized carbons (Fsp3) is 0.00714. The second-order valence-electron chi connectivity index (χ2n) is 38.4. The van der Waals surface area contributed by atoms with Crippen LogP contribution in [-0.2, 0) is 5.41 Å². The smallest absolute Gasteiger partial charge is 0.180 e. The molecule has 0 atom stereocenters. The molecule has 9 nitrogen and oxygen atoms in total. The quantitative estimate of drug-likeness (QED) is 0.0731. The van der Waals surface area contributed by atoms with Gasteiger partial charge >= 0.3 is 0 Å². The third kappa shape index (κ3) is 16.0. The molecule has 10 heteroatoms. The molecule has 0 spiro atoms. The van der Waals surface area contributed by atoms with Crippen LogP contribution in [0.5, 0.6) is 0 Å². The minimum absolute atomic E-state index is 0.460. The summed E-state index contributed by atoms with van der Waals surface area (Å²) in [5, 5.41) is 22.3. The van der Waals surface area contributed by atoms with Crippen LogP contribution in [0.3, 0.4) is 0 Å². The Morgan fingerprint density at radius 3 is 0.887 bits per heavy atom. The minimum Gasteiger partial charge on any atom is -0.208 e. The van der Waals surface area contributed by atoms with E-state index in [1.165, 1.54) is 130 Å². The van der Waals surface area contributed by atoms with Crippen LogP contribution in [0, 0.1) is 0 Å². The number of fused-ring (bicyclic) bond motifs is 16. The van der Waals surface area contributed by atoms with Crippen LogP contribution in [-0.4, -0.2) is 52.9 Å². The summed E-state index contributed by atoms with van der Waals surface area (Å²) in [6.45, 7) is 0. The van der Waals surface area contributed by atoms with Gasteiger partial charge in [-0.05, 0) is 181 Å². The van der Waals surface area contributed by atoms with Crippen LogP contribution < -0.4 is 20.7 Å². The van der Waals surface area contributed by atoms with Crippen molar-refractivity contribution in [2.24, 2.45) is 0 Å². The Kier molecular flexibility index (Phi) is 22.7. The molecule has 0 unspecified atom stereocenters. The Bertz CT molecular complexity index is 9800. The van der Waals surface area contributed by atoms with E-state index in [2.05, 4.69) is 510 Å². The van der Waals surface area contributed by atoms with Crippen molar-refractivity contribution in [3.05, 3.63) is 574 Å². The number of hydrogen-bond donors (Lipinski definition) is 0. The Labute approximate surface area is 869 Å². The van der Waals surface area contributed by atoms with Crippen molar-refractivity contribution in [2.75, 3.05) is 0 Å². The second-order valence-corrected chi connectivity index (χ2v) is 42.2. The normalized spacial score (nSPS) is 12.4. The average Bonchev–Trinajstić information content (AvgIpc) is 1.54. The van der Waals surface area contributed by atoms with Gasteiger partial charge in [-0.2, -0.15) is 0 Å². The number of hydrogen-bond acceptors (Lipinski definition) is 9. The molecule has 24 aromatic carbocycles. The highest BCUT2D eigenvalue weighted by atomic mass is 28.3. The molecule has 3 aromatic heterocycles. The second kappa shape index (κ2) is 38.1. The Morgan fingerprint density at radius 2 is 0.400 bits per heavy atom. The van der Waals surface area contributed by atoms with Crippen molar-refractivity contribution in [2.45, 2.75) is 5.41 Å². The molecule has 1 aliphatic carbocycles. The molecular formula is C140H91N9Si. The van der Waals surface area contributed by atoms with E-state index in [0.717, 1.165) is 82.7 Å². The van der Waals surface area contributed by atoms with Crippen molar-refractivity contribution in [3.8, 4) is 147 Å². The SMILES string of the molecule is c1ccc(-c2ccc(-c3ccc(-c4nc(-c5ccc6ccccc6c5)nc(-c5ccc6c(ccc7ccccc76)c5)n4)cc3)cc2)cc1.c1ccc(-c2nc(-c3ccc(C4(c5ccccc5)c5ccccc5-c5ccccc54)cc3)nc(-c3cccc4c3ccc3ccccc34)n2)cc1.c1ccc(-c2nc(-c3cccc([Si]4(c5ccccc5)c5ccccc5-c5ccccc54)c3)nc(-c3ccc4c(ccc5ccccc54)c3)n2)cc1. The third-order valence-electron chi connectivity index (χ3n) is 29.9. The molecule has 0 radical (unpaired) electrons. The number of nitrogens with zero attached hydrogens (tertiary/aromatic N) is 9. The molecule has 0 bridgehead atoms. The van der Waals surface area contributed by atoms with E-state index in [4.69, 9.17) is 44.9 Å². The summed E-state index contributed by atoms with van der Waals surface area (Å²) in [6.07, 6.45) is 0. The topological polar surface area (TPSA) is 116 Å². The number of benzene rings is 24. The first-order valence-corrected chi connectivity index (χ1v) is 52.9. The van der Waals surface area contributed by atoms with Crippen molar-refractivity contribution < 1.29 is 0 Å². The monoisotopic (exact) mass is 1930 g/mol. The van der Waals surface area contributed by atoms with Gasteiger partial charge in [-0.25, -0.2) is 44.9 Å². The van der Waals surface area contributed by atoms with Gasteiger partial charge in [0.1, 0.15) is 0 Å². The average molecular weight is 1930 g/mol. The number of aromatic nitrogens is 9. The lowest BCUT2D eigenvalue weighted by atomic mass is 9.67. The molecule has 0 saturated heterocycles. The summed E-state index contributed by atoms with van der Waals surface area (Å²) in [5.41, 5.74) is 23.1. The minimum atomic E-state index is -2.67. The van der Waals surface area contributed by atoms with Crippen molar-refractivity contribution >= 4 is 104 Å². The van der Waals surface area contributed by atoms with Gasteiger partial charge < -0.3 is 0 Å². The Morgan fingerprint density at radius 1 is 0.133 bits per heavy atom. The van der Waals surface area contributed by atoms with Crippen LogP contribution in [0.4, 0.5) is 0 Å². The van der Waals surface area contributed by atoms with Crippen LogP contribution >= 0.6 is 0 Å². The Hall–Kier alpha value is -19.7. The van der Waals surface area contributed by atoms with Gasteiger partial charge in [0.05, 0.1) is 5.41 Å². The Balaban J connectivity index is 0.000000111. The maximum absolute atomic E-state index is 5.21. The summed E-state index contributed by atoms with van der Waals surface area (Å²) < 4.78 is 0. The fourth-order valence-corrected chi connectivity index (χ4v) is 28.0. The zero-order valence-corrected chi connectivity index (χ0v) is 82.6. The van der Waals surface area contributed by atoms with E-state index in [0.29, 0.717) is 52.4 Å². The predicted octanol–water partition coefficient (Wildman–Crippen LogP) is 31.7. The van der Waals surface area contributed by atoms with Crippen molar-refractivity contribution in [1.82, 2.24) is 44.9 Å². The van der Waals surface area contributed by atoms with Crippen LogP contribution in [0.15, 0.2) is 552 Å². The van der Waals surface area contributed by atoms with Gasteiger partial charge in [0.2, 0.25) is 0 Å². The molecule has 0 fully saturated rings. The van der Waals surface area contributed by atoms with E-state index in [1.54, 1.807) is 0 Å². The van der Waals surface area contributed by atoms with Crippen molar-refractivity contribution in [1.29, 1.82) is 0 Å². The predicted molar refractivity (Wildman–Crippen MR) is 622 cm³/mol. The van der Waals surface area contributed by atoms with Crippen LogP contribution in [0.1, 0.15) is 22.3 Å². The van der Waals surface area contributed by atoms with E-state index >= 15 is 0 Å². The van der Waals surface area contributed by atoms with Gasteiger partial charge in [0.15, 0.2) is 60.5 Å². The largest absolute Gasteiger partial charge is 0.208 e. The lowest BCUT2D eigenvalue weighted by molar-refractivity contribution is 0.768. The first kappa shape index (κ1) is 89.2. The van der Waals surface area contributed by atoms with Crippen LogP contribution in [0.25, 0.3) is 222 Å². The van der Waals surface area contributed by atoms with Gasteiger partial charge in [0.25, 0.3) is 0 Å². The standard InChI is InChI=1S/C48H31N3.C47H31N3Si.C45H29N3/c1-3-15-33(16-4-1)45-49-46(51-47(50-45)42-23-13-22-38-37-19-8-7-14-32(37)28-31-39(38)42)34-26-29-36(30-27-34)48(35-17-5-2-6-18-35)43-24-11-9-20-40(43)41-21-10-12-25-44(41)48;1-3-15-33(16-4-1)45-48-46(50-47(49-45)36-28-29-40-34(30-36)27-26-32-14-7-8-21-39(32)40)35-17-13-20-38(31-35)51(37-18-5-2-6-19-37)43-24-11-9-22-41(43)42-23-10-12-25-44(42)51;1-2-8-30(9-3-1)32-14-16-33(17-15-32)34-18-22-36(23-19-34)43-46-44(39-25-20-31-10-4-5-12-37(31)28-39)48-45(47-43)40-26-27-42-38(29-40)24-21-35-11-6-7-13-41(35)42/h2*1-31H;1-29H. The molecule has 0 amide bonds. The van der Waals surface area contributed by atoms with E-state index in [1.807, 2.05) is 42.5 Å². The maximum Gasteiger partial charge on any atom is 0.180 e. The van der Waals surface area contributed by atoms with Crippen molar-refractivity contribution in [3.63, 3.8) is 0 Å². The lowest BCUT2D eigenvalue weighted by Gasteiger charge is -2.34. The highest BCUT2D eigenvalue weighted by molar-refractivity contribution is 7.22. The van der Waals surface area contributed by atoms with E-state index in [9.17, 15) is 0 Å². The zero-order valence-electron chi connectivity index (χ0n) is 81.6. The molecule has 29 rings (SSSR count). The lowest BCUT2D eigenvalue weighted by Crippen LogP contribution is -2.72. The molecular weight excluding hydrogens is 1840 g/mol. The first-order chi connectivity index (χ1) is 74.3. The molecule has 0 N–H and O–H groups in total. The zero-order chi connectivity index (χ0) is 99.4. The maximum atomic E-state index is 5.21. The molecule has 27 aromatic rings. The van der Waals surface area contributed by atoms with Crippen LogP contribution in [0.2, 0.25) is 0 Å². The fourth-order valence-electron chi connectivity index (χ4n) is 22.8. The summed E-state index contributed by atoms with van der Waals surface area (Å²) in [7, 11) is -2.67. The highest BCUT2D eigenvalue weighted by Crippen LogP contribution is 2.56.